The summed E-state index contributed by atoms with van der Waals surface area (Å²) in [6.07, 6.45) is 5.41. The third-order valence-corrected chi connectivity index (χ3v) is 3.69. The maximum atomic E-state index is 9.64. The minimum atomic E-state index is -0.249. The molecule has 1 aliphatic carbocycles. The van der Waals surface area contributed by atoms with Crippen LogP contribution in [0.25, 0.3) is 0 Å². The lowest BCUT2D eigenvalue weighted by Crippen LogP contribution is -2.44. The quantitative estimate of drug-likeness (QED) is 0.713. The number of nitrogen functional groups attached to an aromatic ring is 1. The molecule has 0 spiro atoms. The Balaban J connectivity index is 2.19. The molecule has 0 aliphatic heterocycles. The number of aliphatic hydroxyl groups is 1. The lowest BCUT2D eigenvalue weighted by Gasteiger charge is -2.37. The van der Waals surface area contributed by atoms with Crippen molar-refractivity contribution >= 4 is 11.4 Å². The molecule has 1 aliphatic rings. The predicted molar refractivity (Wildman–Crippen MR) is 72.1 cm³/mol. The van der Waals surface area contributed by atoms with Gasteiger partial charge < -0.3 is 16.2 Å². The van der Waals surface area contributed by atoms with Gasteiger partial charge in [0, 0.05) is 0 Å². The Morgan fingerprint density at radius 1 is 1.33 bits per heavy atom. The minimum Gasteiger partial charge on any atom is -0.397 e. The maximum absolute atomic E-state index is 9.64. The number of rotatable bonds is 3. The highest BCUT2D eigenvalue weighted by Gasteiger charge is 2.31. The molecule has 0 radical (unpaired) electrons. The van der Waals surface area contributed by atoms with Gasteiger partial charge in [0.2, 0.25) is 0 Å². The number of hydrogen-bond acceptors (Lipinski definition) is 4. The van der Waals surface area contributed by atoms with Gasteiger partial charge in [0.05, 0.1) is 35.2 Å². The molecule has 4 heteroatoms. The lowest BCUT2D eigenvalue weighted by molar-refractivity contribution is 0.173. The van der Waals surface area contributed by atoms with E-state index in [-0.39, 0.29) is 12.1 Å². The summed E-state index contributed by atoms with van der Waals surface area (Å²) in [7, 11) is 0. The average molecular weight is 245 g/mol. The highest BCUT2D eigenvalue weighted by atomic mass is 16.3. The number of nitrogens with two attached hydrogens (primary N) is 1. The van der Waals surface area contributed by atoms with Crippen LogP contribution in [0.3, 0.4) is 0 Å². The molecule has 1 aromatic carbocycles. The molecule has 1 fully saturated rings. The fourth-order valence-electron chi connectivity index (χ4n) is 2.58. The summed E-state index contributed by atoms with van der Waals surface area (Å²) in [6.45, 7) is 0.118. The van der Waals surface area contributed by atoms with Crippen LogP contribution in [-0.4, -0.2) is 17.3 Å². The van der Waals surface area contributed by atoms with Crippen molar-refractivity contribution in [2.45, 2.75) is 37.6 Å². The van der Waals surface area contributed by atoms with Gasteiger partial charge >= 0.3 is 0 Å². The third kappa shape index (κ3) is 2.57. The molecule has 4 N–H and O–H groups in total. The van der Waals surface area contributed by atoms with Crippen molar-refractivity contribution in [2.75, 3.05) is 17.7 Å². The van der Waals surface area contributed by atoms with Crippen molar-refractivity contribution in [3.63, 3.8) is 0 Å². The first-order valence-corrected chi connectivity index (χ1v) is 6.38. The molecule has 0 amide bonds. The second-order valence-electron chi connectivity index (χ2n) is 5.04. The van der Waals surface area contributed by atoms with Crippen LogP contribution in [0.5, 0.6) is 0 Å². The number of nitriles is 1. The summed E-state index contributed by atoms with van der Waals surface area (Å²) in [5.41, 5.74) is 7.61. The number of aliphatic hydroxyl groups excluding tert-OH is 1. The van der Waals surface area contributed by atoms with Crippen LogP contribution in [0.2, 0.25) is 0 Å². The molecule has 1 aromatic rings. The van der Waals surface area contributed by atoms with Gasteiger partial charge in [0.15, 0.2) is 0 Å². The van der Waals surface area contributed by atoms with Gasteiger partial charge in [0.25, 0.3) is 0 Å². The van der Waals surface area contributed by atoms with Crippen LogP contribution in [0.4, 0.5) is 11.4 Å². The van der Waals surface area contributed by atoms with Gasteiger partial charge in [-0.3, -0.25) is 0 Å². The van der Waals surface area contributed by atoms with Crippen LogP contribution in [0.1, 0.15) is 37.7 Å². The molecule has 0 saturated heterocycles. The topological polar surface area (TPSA) is 82.1 Å². The average Bonchev–Trinajstić information content (AvgIpc) is 2.42. The Kier molecular flexibility index (Phi) is 3.73. The molecular weight excluding hydrogens is 226 g/mol. The first kappa shape index (κ1) is 12.7. The van der Waals surface area contributed by atoms with Crippen molar-refractivity contribution in [2.24, 2.45) is 0 Å². The molecule has 96 valence electrons. The van der Waals surface area contributed by atoms with Crippen molar-refractivity contribution in [3.8, 4) is 6.07 Å². The molecule has 2 rings (SSSR count). The summed E-state index contributed by atoms with van der Waals surface area (Å²) in [5.74, 6) is 0. The molecule has 4 nitrogen and oxygen atoms in total. The van der Waals surface area contributed by atoms with Gasteiger partial charge in [-0.2, -0.15) is 5.26 Å². The minimum absolute atomic E-state index is 0.118. The highest BCUT2D eigenvalue weighted by Crippen LogP contribution is 2.33. The lowest BCUT2D eigenvalue weighted by atomic mass is 9.82. The normalized spacial score (nSPS) is 18.0. The van der Waals surface area contributed by atoms with Gasteiger partial charge in [0.1, 0.15) is 0 Å². The number of anilines is 2. The zero-order valence-corrected chi connectivity index (χ0v) is 10.4. The Morgan fingerprint density at radius 3 is 2.61 bits per heavy atom. The maximum Gasteiger partial charge on any atom is 0.0992 e. The van der Waals surface area contributed by atoms with E-state index in [9.17, 15) is 5.11 Å². The number of hydrogen-bond donors (Lipinski definition) is 3. The van der Waals surface area contributed by atoms with E-state index < -0.39 is 0 Å². The van der Waals surface area contributed by atoms with Crippen LogP contribution in [-0.2, 0) is 0 Å². The zero-order chi connectivity index (χ0) is 13.0. The first-order chi connectivity index (χ1) is 8.69. The Hall–Kier alpha value is -1.73. The molecule has 0 unspecified atom stereocenters. The smallest absolute Gasteiger partial charge is 0.0992 e. The third-order valence-electron chi connectivity index (χ3n) is 3.69. The molecule has 0 bridgehead atoms. The van der Waals surface area contributed by atoms with Crippen molar-refractivity contribution in [3.05, 3.63) is 23.8 Å². The van der Waals surface area contributed by atoms with E-state index >= 15 is 0 Å². The zero-order valence-electron chi connectivity index (χ0n) is 10.4. The number of nitrogens with one attached hydrogen (secondary N) is 1. The fraction of sp³-hybridized carbons (Fsp3) is 0.500. The van der Waals surface area contributed by atoms with Crippen LogP contribution >= 0.6 is 0 Å². The Labute approximate surface area is 107 Å². The van der Waals surface area contributed by atoms with Gasteiger partial charge in [-0.25, -0.2) is 0 Å². The Morgan fingerprint density at radius 2 is 2.06 bits per heavy atom. The van der Waals surface area contributed by atoms with Crippen LogP contribution in [0, 0.1) is 11.3 Å². The van der Waals surface area contributed by atoms with Gasteiger partial charge in [-0.1, -0.05) is 19.3 Å². The number of nitrogens with zero attached hydrogens (tertiary/aromatic N) is 1. The Bertz CT molecular complexity index is 459. The van der Waals surface area contributed by atoms with Crippen molar-refractivity contribution in [1.82, 2.24) is 0 Å². The van der Waals surface area contributed by atoms with E-state index in [0.29, 0.717) is 11.3 Å². The van der Waals surface area contributed by atoms with Crippen molar-refractivity contribution < 1.29 is 5.11 Å². The molecule has 18 heavy (non-hydrogen) atoms. The molecule has 0 heterocycles. The molecule has 1 saturated carbocycles. The number of benzene rings is 1. The highest BCUT2D eigenvalue weighted by molar-refractivity contribution is 5.69. The van der Waals surface area contributed by atoms with E-state index in [4.69, 9.17) is 11.0 Å². The predicted octanol–water partition coefficient (Wildman–Crippen LogP) is 2.25. The van der Waals surface area contributed by atoms with Gasteiger partial charge in [-0.15, -0.1) is 0 Å². The van der Waals surface area contributed by atoms with E-state index in [1.165, 1.54) is 6.42 Å². The van der Waals surface area contributed by atoms with E-state index in [1.54, 1.807) is 12.1 Å². The molecule has 0 atom stereocenters. The van der Waals surface area contributed by atoms with E-state index in [1.807, 2.05) is 6.07 Å². The van der Waals surface area contributed by atoms with Crippen molar-refractivity contribution in [1.29, 1.82) is 5.26 Å². The summed E-state index contributed by atoms with van der Waals surface area (Å²) in [6, 6.07) is 7.29. The van der Waals surface area contributed by atoms with E-state index in [0.717, 1.165) is 31.4 Å². The first-order valence-electron chi connectivity index (χ1n) is 6.38. The summed E-state index contributed by atoms with van der Waals surface area (Å²) >= 11 is 0. The molecular formula is C14H19N3O. The largest absolute Gasteiger partial charge is 0.397 e. The fourth-order valence-corrected chi connectivity index (χ4v) is 2.58. The summed E-state index contributed by atoms with van der Waals surface area (Å²) < 4.78 is 0. The summed E-state index contributed by atoms with van der Waals surface area (Å²) in [4.78, 5) is 0. The second-order valence-corrected chi connectivity index (χ2v) is 5.04. The SMILES string of the molecule is N#Cc1ccc(NC2(CO)CCCCC2)c(N)c1. The second kappa shape index (κ2) is 5.28. The standard InChI is InChI=1S/C14H19N3O/c15-9-11-4-5-13(12(16)8-11)17-14(10-18)6-2-1-3-7-14/h4-5,8,17-18H,1-3,6-7,10,16H2. The summed E-state index contributed by atoms with van der Waals surface area (Å²) in [5, 5.41) is 21.8. The van der Waals surface area contributed by atoms with E-state index in [2.05, 4.69) is 11.4 Å². The van der Waals surface area contributed by atoms with Crippen LogP contribution in [0.15, 0.2) is 18.2 Å². The molecule has 0 aromatic heterocycles. The monoisotopic (exact) mass is 245 g/mol. The van der Waals surface area contributed by atoms with Crippen LogP contribution < -0.4 is 11.1 Å². The van der Waals surface area contributed by atoms with Gasteiger partial charge in [-0.05, 0) is 31.0 Å².